The molecule has 3 heteroatoms. The van der Waals surface area contributed by atoms with Crippen molar-refractivity contribution in [3.63, 3.8) is 0 Å². The second-order valence-corrected chi connectivity index (χ2v) is 4.21. The Morgan fingerprint density at radius 1 is 1.62 bits per heavy atom. The smallest absolute Gasteiger partial charge is 0.311 e. The van der Waals surface area contributed by atoms with Gasteiger partial charge in [-0.1, -0.05) is 0 Å². The zero-order valence-corrected chi connectivity index (χ0v) is 8.63. The summed E-state index contributed by atoms with van der Waals surface area (Å²) in [7, 11) is 1.43. The van der Waals surface area contributed by atoms with Gasteiger partial charge < -0.3 is 9.47 Å². The summed E-state index contributed by atoms with van der Waals surface area (Å²) in [6.45, 7) is 4.64. The SMILES string of the molecule is COC(=O)C(C)(C)C[C@H]1CCCO1. The van der Waals surface area contributed by atoms with Crippen LogP contribution in [0.5, 0.6) is 0 Å². The minimum atomic E-state index is -0.413. The van der Waals surface area contributed by atoms with E-state index in [1.54, 1.807) is 0 Å². The quantitative estimate of drug-likeness (QED) is 0.630. The highest BCUT2D eigenvalue weighted by molar-refractivity contribution is 5.75. The Labute approximate surface area is 79.4 Å². The number of hydrogen-bond donors (Lipinski definition) is 0. The minimum Gasteiger partial charge on any atom is -0.469 e. The first-order chi connectivity index (χ1) is 6.06. The van der Waals surface area contributed by atoms with E-state index >= 15 is 0 Å². The van der Waals surface area contributed by atoms with E-state index in [0.29, 0.717) is 0 Å². The summed E-state index contributed by atoms with van der Waals surface area (Å²) in [5.41, 5.74) is -0.413. The molecule has 1 fully saturated rings. The van der Waals surface area contributed by atoms with Crippen LogP contribution in [0.3, 0.4) is 0 Å². The fourth-order valence-corrected chi connectivity index (χ4v) is 1.73. The summed E-state index contributed by atoms with van der Waals surface area (Å²) in [4.78, 5) is 11.3. The van der Waals surface area contributed by atoms with Crippen molar-refractivity contribution in [2.45, 2.75) is 39.2 Å². The third-order valence-corrected chi connectivity index (χ3v) is 2.50. The maximum absolute atomic E-state index is 11.3. The molecule has 1 heterocycles. The number of carbonyl (C=O) groups is 1. The molecule has 1 aliphatic rings. The van der Waals surface area contributed by atoms with Crippen LogP contribution in [-0.2, 0) is 14.3 Å². The average Bonchev–Trinajstić information content (AvgIpc) is 2.54. The molecule has 0 radical (unpaired) electrons. The van der Waals surface area contributed by atoms with Crippen molar-refractivity contribution < 1.29 is 14.3 Å². The van der Waals surface area contributed by atoms with Crippen LogP contribution in [0.1, 0.15) is 33.1 Å². The molecule has 0 aliphatic carbocycles. The minimum absolute atomic E-state index is 0.150. The molecule has 0 spiro atoms. The van der Waals surface area contributed by atoms with Crippen LogP contribution in [0.4, 0.5) is 0 Å². The van der Waals surface area contributed by atoms with Crippen molar-refractivity contribution in [1.82, 2.24) is 0 Å². The summed E-state index contributed by atoms with van der Waals surface area (Å²) in [5.74, 6) is -0.150. The van der Waals surface area contributed by atoms with E-state index in [2.05, 4.69) is 0 Å². The van der Waals surface area contributed by atoms with Gasteiger partial charge in [0.1, 0.15) is 0 Å². The molecular formula is C10H18O3. The average molecular weight is 186 g/mol. The Morgan fingerprint density at radius 2 is 2.31 bits per heavy atom. The summed E-state index contributed by atoms with van der Waals surface area (Å²) in [5, 5.41) is 0. The lowest BCUT2D eigenvalue weighted by atomic mass is 9.86. The molecule has 1 aliphatic heterocycles. The van der Waals surface area contributed by atoms with Gasteiger partial charge in [0, 0.05) is 6.61 Å². The second-order valence-electron chi connectivity index (χ2n) is 4.21. The van der Waals surface area contributed by atoms with Crippen LogP contribution in [0.25, 0.3) is 0 Å². The molecule has 0 amide bonds. The Kier molecular flexibility index (Phi) is 3.31. The third-order valence-electron chi connectivity index (χ3n) is 2.50. The van der Waals surface area contributed by atoms with Gasteiger partial charge in [-0.05, 0) is 33.1 Å². The molecule has 1 atom stereocenters. The van der Waals surface area contributed by atoms with Gasteiger partial charge in [0.05, 0.1) is 18.6 Å². The lowest BCUT2D eigenvalue weighted by Crippen LogP contribution is -2.30. The molecule has 0 aromatic carbocycles. The van der Waals surface area contributed by atoms with E-state index in [1.807, 2.05) is 13.8 Å². The summed E-state index contributed by atoms with van der Waals surface area (Å²) in [6.07, 6.45) is 3.19. The number of methoxy groups -OCH3 is 1. The molecular weight excluding hydrogens is 168 g/mol. The molecule has 1 rings (SSSR count). The van der Waals surface area contributed by atoms with Crippen molar-refractivity contribution in [2.75, 3.05) is 13.7 Å². The van der Waals surface area contributed by atoms with Crippen molar-refractivity contribution in [1.29, 1.82) is 0 Å². The molecule has 1 saturated heterocycles. The van der Waals surface area contributed by atoms with Gasteiger partial charge in [-0.2, -0.15) is 0 Å². The lowest BCUT2D eigenvalue weighted by molar-refractivity contribution is -0.152. The topological polar surface area (TPSA) is 35.5 Å². The van der Waals surface area contributed by atoms with Gasteiger partial charge in [0.2, 0.25) is 0 Å². The van der Waals surface area contributed by atoms with Gasteiger partial charge in [0.25, 0.3) is 0 Å². The van der Waals surface area contributed by atoms with Gasteiger partial charge >= 0.3 is 5.97 Å². The lowest BCUT2D eigenvalue weighted by Gasteiger charge is -2.24. The van der Waals surface area contributed by atoms with E-state index in [9.17, 15) is 4.79 Å². The number of rotatable bonds is 3. The molecule has 0 unspecified atom stereocenters. The van der Waals surface area contributed by atoms with Crippen LogP contribution >= 0.6 is 0 Å². The Bertz CT molecular complexity index is 181. The number of esters is 1. The van der Waals surface area contributed by atoms with Crippen molar-refractivity contribution in [3.05, 3.63) is 0 Å². The summed E-state index contributed by atoms with van der Waals surface area (Å²) >= 11 is 0. The van der Waals surface area contributed by atoms with Crippen molar-refractivity contribution in [3.8, 4) is 0 Å². The van der Waals surface area contributed by atoms with E-state index < -0.39 is 5.41 Å². The largest absolute Gasteiger partial charge is 0.469 e. The standard InChI is InChI=1S/C10H18O3/c1-10(2,9(11)12-3)7-8-5-4-6-13-8/h8H,4-7H2,1-3H3/t8-/m1/s1. The van der Waals surface area contributed by atoms with Gasteiger partial charge in [-0.25, -0.2) is 0 Å². The highest BCUT2D eigenvalue weighted by Gasteiger charge is 2.33. The van der Waals surface area contributed by atoms with Crippen molar-refractivity contribution in [2.24, 2.45) is 5.41 Å². The maximum Gasteiger partial charge on any atom is 0.311 e. The van der Waals surface area contributed by atoms with E-state index in [1.165, 1.54) is 7.11 Å². The van der Waals surface area contributed by atoms with Crippen LogP contribution < -0.4 is 0 Å². The highest BCUT2D eigenvalue weighted by Crippen LogP contribution is 2.29. The Hall–Kier alpha value is -0.570. The van der Waals surface area contributed by atoms with Crippen LogP contribution in [-0.4, -0.2) is 25.8 Å². The number of ether oxygens (including phenoxy) is 2. The predicted octanol–water partition coefficient (Wildman–Crippen LogP) is 1.75. The molecule has 76 valence electrons. The first kappa shape index (κ1) is 10.5. The fraction of sp³-hybridized carbons (Fsp3) is 0.900. The predicted molar refractivity (Wildman–Crippen MR) is 49.4 cm³/mol. The zero-order chi connectivity index (χ0) is 9.90. The Morgan fingerprint density at radius 3 is 2.77 bits per heavy atom. The second kappa shape index (κ2) is 4.09. The van der Waals surface area contributed by atoms with Crippen LogP contribution in [0.2, 0.25) is 0 Å². The first-order valence-electron chi connectivity index (χ1n) is 4.76. The molecule has 0 N–H and O–H groups in total. The molecule has 0 aromatic heterocycles. The van der Waals surface area contributed by atoms with E-state index in [-0.39, 0.29) is 12.1 Å². The normalized spacial score (nSPS) is 23.2. The first-order valence-corrected chi connectivity index (χ1v) is 4.76. The monoisotopic (exact) mass is 186 g/mol. The molecule has 3 nitrogen and oxygen atoms in total. The highest BCUT2D eigenvalue weighted by atomic mass is 16.5. The van der Waals surface area contributed by atoms with Gasteiger partial charge in [-0.15, -0.1) is 0 Å². The maximum atomic E-state index is 11.3. The van der Waals surface area contributed by atoms with Gasteiger partial charge in [-0.3, -0.25) is 4.79 Å². The zero-order valence-electron chi connectivity index (χ0n) is 8.63. The third kappa shape index (κ3) is 2.69. The molecule has 13 heavy (non-hydrogen) atoms. The summed E-state index contributed by atoms with van der Waals surface area (Å²) < 4.78 is 10.2. The molecule has 0 bridgehead atoms. The molecule has 0 aromatic rings. The van der Waals surface area contributed by atoms with Crippen molar-refractivity contribution >= 4 is 5.97 Å². The van der Waals surface area contributed by atoms with E-state index in [0.717, 1.165) is 25.9 Å². The number of carbonyl (C=O) groups excluding carboxylic acids is 1. The van der Waals surface area contributed by atoms with Crippen LogP contribution in [0.15, 0.2) is 0 Å². The number of hydrogen-bond acceptors (Lipinski definition) is 3. The summed E-state index contributed by atoms with van der Waals surface area (Å²) in [6, 6.07) is 0. The fourth-order valence-electron chi connectivity index (χ4n) is 1.73. The van der Waals surface area contributed by atoms with Crippen LogP contribution in [0, 0.1) is 5.41 Å². The molecule has 0 saturated carbocycles. The Balaban J connectivity index is 2.44. The van der Waals surface area contributed by atoms with E-state index in [4.69, 9.17) is 9.47 Å². The van der Waals surface area contributed by atoms with Gasteiger partial charge in [0.15, 0.2) is 0 Å².